The lowest BCUT2D eigenvalue weighted by molar-refractivity contribution is 0.101. The van der Waals surface area contributed by atoms with Crippen LogP contribution in [0.3, 0.4) is 0 Å². The fourth-order valence-corrected chi connectivity index (χ4v) is 0.943. The first-order chi connectivity index (χ1) is 6.24. The fourth-order valence-electron chi connectivity index (χ4n) is 0.943. The molecular weight excluding hydrogens is 164 g/mol. The molecule has 0 atom stereocenters. The molecule has 1 aromatic carbocycles. The first kappa shape index (κ1) is 9.45. The van der Waals surface area contributed by atoms with Crippen LogP contribution in [0.5, 0.6) is 0 Å². The van der Waals surface area contributed by atoms with Crippen molar-refractivity contribution in [2.24, 2.45) is 5.10 Å². The molecule has 0 unspecified atom stereocenters. The van der Waals surface area contributed by atoms with Crippen molar-refractivity contribution < 1.29 is 4.79 Å². The van der Waals surface area contributed by atoms with Crippen LogP contribution in [-0.2, 0) is 0 Å². The molecule has 0 spiro atoms. The number of carbonyl (C=O) groups excluding carboxylic acids is 1. The summed E-state index contributed by atoms with van der Waals surface area (Å²) in [6.07, 6.45) is 1.70. The average Bonchev–Trinajstić information content (AvgIpc) is 2.15. The molecule has 0 saturated carbocycles. The standard InChI is InChI=1S/C10H12N2O/c1-8(13)10-5-3-9(4-6-10)7-12-11-2/h3-7,11H,1-2H3/b12-7+. The van der Waals surface area contributed by atoms with E-state index >= 15 is 0 Å². The summed E-state index contributed by atoms with van der Waals surface area (Å²) in [4.78, 5) is 10.9. The molecule has 0 aromatic heterocycles. The van der Waals surface area contributed by atoms with Crippen LogP contribution >= 0.6 is 0 Å². The van der Waals surface area contributed by atoms with Crippen LogP contribution in [0, 0.1) is 0 Å². The topological polar surface area (TPSA) is 41.5 Å². The fraction of sp³-hybridized carbons (Fsp3) is 0.200. The summed E-state index contributed by atoms with van der Waals surface area (Å²) >= 11 is 0. The zero-order chi connectivity index (χ0) is 9.68. The second-order valence-corrected chi connectivity index (χ2v) is 2.66. The van der Waals surface area contributed by atoms with Gasteiger partial charge >= 0.3 is 0 Å². The normalized spacial score (nSPS) is 10.3. The second-order valence-electron chi connectivity index (χ2n) is 2.66. The molecule has 0 aliphatic heterocycles. The third kappa shape index (κ3) is 2.71. The molecule has 0 radical (unpaired) electrons. The molecule has 0 aliphatic rings. The Morgan fingerprint density at radius 1 is 1.38 bits per heavy atom. The average molecular weight is 176 g/mol. The SMILES string of the molecule is CN/N=C/c1ccc(C(C)=O)cc1. The number of hydrogen-bond donors (Lipinski definition) is 1. The van der Waals surface area contributed by atoms with Crippen molar-refractivity contribution in [2.45, 2.75) is 6.92 Å². The zero-order valence-corrected chi connectivity index (χ0v) is 7.74. The van der Waals surface area contributed by atoms with Crippen LogP contribution in [0.4, 0.5) is 0 Å². The van der Waals surface area contributed by atoms with E-state index in [0.717, 1.165) is 11.1 Å². The highest BCUT2D eigenvalue weighted by atomic mass is 16.1. The molecular formula is C10H12N2O. The minimum absolute atomic E-state index is 0.0807. The van der Waals surface area contributed by atoms with Gasteiger partial charge in [-0.2, -0.15) is 5.10 Å². The molecule has 1 aromatic rings. The molecule has 0 bridgehead atoms. The molecule has 0 heterocycles. The number of nitrogens with zero attached hydrogens (tertiary/aromatic N) is 1. The van der Waals surface area contributed by atoms with Crippen molar-refractivity contribution >= 4 is 12.0 Å². The number of hydrogen-bond acceptors (Lipinski definition) is 3. The molecule has 0 saturated heterocycles. The number of Topliss-reactive ketones (excluding diaryl/α,β-unsaturated/α-hetero) is 1. The summed E-state index contributed by atoms with van der Waals surface area (Å²) < 4.78 is 0. The van der Waals surface area contributed by atoms with Crippen molar-refractivity contribution in [2.75, 3.05) is 7.05 Å². The van der Waals surface area contributed by atoms with Crippen molar-refractivity contribution in [1.29, 1.82) is 0 Å². The molecule has 0 amide bonds. The Hall–Kier alpha value is -1.64. The number of nitrogens with one attached hydrogen (secondary N) is 1. The molecule has 13 heavy (non-hydrogen) atoms. The number of benzene rings is 1. The first-order valence-electron chi connectivity index (χ1n) is 4.05. The van der Waals surface area contributed by atoms with Crippen molar-refractivity contribution in [1.82, 2.24) is 5.43 Å². The van der Waals surface area contributed by atoms with Crippen molar-refractivity contribution in [3.8, 4) is 0 Å². The molecule has 1 N–H and O–H groups in total. The van der Waals surface area contributed by atoms with E-state index in [1.54, 1.807) is 32.3 Å². The predicted octanol–water partition coefficient (Wildman–Crippen LogP) is 1.44. The van der Waals surface area contributed by atoms with E-state index in [1.165, 1.54) is 0 Å². The van der Waals surface area contributed by atoms with Crippen molar-refractivity contribution in [3.63, 3.8) is 0 Å². The van der Waals surface area contributed by atoms with E-state index < -0.39 is 0 Å². The summed E-state index contributed by atoms with van der Waals surface area (Å²) in [7, 11) is 1.74. The minimum atomic E-state index is 0.0807. The van der Waals surface area contributed by atoms with E-state index in [2.05, 4.69) is 10.5 Å². The predicted molar refractivity (Wildman–Crippen MR) is 53.1 cm³/mol. The number of hydrazone groups is 1. The number of rotatable bonds is 3. The Kier molecular flexibility index (Phi) is 3.20. The van der Waals surface area contributed by atoms with Crippen molar-refractivity contribution in [3.05, 3.63) is 35.4 Å². The highest BCUT2D eigenvalue weighted by Crippen LogP contribution is 2.02. The molecule has 1 rings (SSSR count). The summed E-state index contributed by atoms with van der Waals surface area (Å²) in [5, 5.41) is 3.86. The van der Waals surface area contributed by atoms with Crippen LogP contribution in [0.15, 0.2) is 29.4 Å². The van der Waals surface area contributed by atoms with Gasteiger partial charge in [0.05, 0.1) is 6.21 Å². The summed E-state index contributed by atoms with van der Waals surface area (Å²) in [5.41, 5.74) is 4.35. The van der Waals surface area contributed by atoms with Crippen LogP contribution in [0.2, 0.25) is 0 Å². The molecule has 3 nitrogen and oxygen atoms in total. The third-order valence-corrected chi connectivity index (χ3v) is 1.66. The Morgan fingerprint density at radius 3 is 2.46 bits per heavy atom. The summed E-state index contributed by atoms with van der Waals surface area (Å²) in [6, 6.07) is 7.30. The Balaban J connectivity index is 2.81. The second kappa shape index (κ2) is 4.40. The van der Waals surface area contributed by atoms with Gasteiger partial charge in [0.1, 0.15) is 0 Å². The van der Waals surface area contributed by atoms with Gasteiger partial charge in [-0.15, -0.1) is 0 Å². The quantitative estimate of drug-likeness (QED) is 0.430. The van der Waals surface area contributed by atoms with Gasteiger partial charge in [0.15, 0.2) is 5.78 Å². The Labute approximate surface area is 77.5 Å². The van der Waals surface area contributed by atoms with Gasteiger partial charge < -0.3 is 5.43 Å². The highest BCUT2D eigenvalue weighted by Gasteiger charge is 1.96. The monoisotopic (exact) mass is 176 g/mol. The number of ketones is 1. The maximum absolute atomic E-state index is 10.9. The van der Waals surface area contributed by atoms with Crippen LogP contribution < -0.4 is 5.43 Å². The van der Waals surface area contributed by atoms with Crippen LogP contribution in [0.1, 0.15) is 22.8 Å². The van der Waals surface area contributed by atoms with Crippen LogP contribution in [0.25, 0.3) is 0 Å². The van der Waals surface area contributed by atoms with Gasteiger partial charge in [0.25, 0.3) is 0 Å². The minimum Gasteiger partial charge on any atom is -0.313 e. The van der Waals surface area contributed by atoms with Crippen LogP contribution in [-0.4, -0.2) is 19.0 Å². The van der Waals surface area contributed by atoms with Gasteiger partial charge in [-0.3, -0.25) is 4.79 Å². The van der Waals surface area contributed by atoms with Gasteiger partial charge in [-0.25, -0.2) is 0 Å². The summed E-state index contributed by atoms with van der Waals surface area (Å²) in [6.45, 7) is 1.55. The van der Waals surface area contributed by atoms with Gasteiger partial charge in [-0.1, -0.05) is 24.3 Å². The summed E-state index contributed by atoms with van der Waals surface area (Å²) in [5.74, 6) is 0.0807. The molecule has 68 valence electrons. The van der Waals surface area contributed by atoms with Gasteiger partial charge in [0.2, 0.25) is 0 Å². The highest BCUT2D eigenvalue weighted by molar-refractivity contribution is 5.94. The lowest BCUT2D eigenvalue weighted by Gasteiger charge is -1.95. The molecule has 3 heteroatoms. The molecule has 0 aliphatic carbocycles. The maximum Gasteiger partial charge on any atom is 0.159 e. The Bertz CT molecular complexity index is 314. The smallest absolute Gasteiger partial charge is 0.159 e. The Morgan fingerprint density at radius 2 is 2.00 bits per heavy atom. The number of carbonyl (C=O) groups is 1. The van der Waals surface area contributed by atoms with E-state index in [9.17, 15) is 4.79 Å². The van der Waals surface area contributed by atoms with E-state index in [4.69, 9.17) is 0 Å². The molecule has 0 fully saturated rings. The lowest BCUT2D eigenvalue weighted by Crippen LogP contribution is -1.96. The van der Waals surface area contributed by atoms with E-state index in [1.807, 2.05) is 12.1 Å². The zero-order valence-electron chi connectivity index (χ0n) is 7.74. The van der Waals surface area contributed by atoms with E-state index in [0.29, 0.717) is 0 Å². The third-order valence-electron chi connectivity index (χ3n) is 1.66. The first-order valence-corrected chi connectivity index (χ1v) is 4.05. The van der Waals surface area contributed by atoms with Gasteiger partial charge in [-0.05, 0) is 12.5 Å². The largest absolute Gasteiger partial charge is 0.313 e. The van der Waals surface area contributed by atoms with E-state index in [-0.39, 0.29) is 5.78 Å². The van der Waals surface area contributed by atoms with Gasteiger partial charge in [0, 0.05) is 12.6 Å². The maximum atomic E-state index is 10.9. The lowest BCUT2D eigenvalue weighted by atomic mass is 10.1.